The monoisotopic (exact) mass is 769 g/mol. The Kier molecular flexibility index (Phi) is 11.1. The molecule has 0 spiro atoms. The van der Waals surface area contributed by atoms with Crippen molar-refractivity contribution in [3.63, 3.8) is 0 Å². The number of hydrogen-bond acceptors (Lipinski definition) is 8. The molecule has 7 rings (SSSR count). The van der Waals surface area contributed by atoms with Gasteiger partial charge in [-0.25, -0.2) is 4.79 Å². The first-order chi connectivity index (χ1) is 25.5. The van der Waals surface area contributed by atoms with Crippen LogP contribution < -0.4 is 21.6 Å². The number of ether oxygens (including phenoxy) is 1. The predicted molar refractivity (Wildman–Crippen MR) is 214 cm³/mol. The molecule has 2 saturated heterocycles. The Morgan fingerprint density at radius 2 is 1.40 bits per heavy atom. The molecule has 53 heavy (non-hydrogen) atoms. The van der Waals surface area contributed by atoms with Crippen LogP contribution in [0.25, 0.3) is 0 Å². The molecule has 276 valence electrons. The van der Waals surface area contributed by atoms with Crippen LogP contribution in [0.3, 0.4) is 0 Å². The Morgan fingerprint density at radius 1 is 0.849 bits per heavy atom. The van der Waals surface area contributed by atoms with Gasteiger partial charge in [-0.05, 0) is 33.5 Å². The molecular formula is C41H46N2O7PSSi+. The van der Waals surface area contributed by atoms with Crippen LogP contribution >= 0.6 is 18.5 Å². The number of benzene rings is 4. The van der Waals surface area contributed by atoms with E-state index >= 15 is 0 Å². The van der Waals surface area contributed by atoms with Crippen molar-refractivity contribution >= 4 is 37.2 Å². The van der Waals surface area contributed by atoms with Crippen molar-refractivity contribution in [1.29, 1.82) is 0 Å². The van der Waals surface area contributed by atoms with Gasteiger partial charge in [0.05, 0.1) is 11.9 Å². The summed E-state index contributed by atoms with van der Waals surface area (Å²) in [6, 6.07) is 40.7. The average molecular weight is 770 g/mol. The lowest BCUT2D eigenvalue weighted by Gasteiger charge is -2.43. The summed E-state index contributed by atoms with van der Waals surface area (Å²) in [5.74, 6) is 0. The summed E-state index contributed by atoms with van der Waals surface area (Å²) in [5.41, 5.74) is 1.38. The van der Waals surface area contributed by atoms with Crippen LogP contribution in [0.1, 0.15) is 67.9 Å². The molecule has 3 heterocycles. The Balaban J connectivity index is 1.26. The van der Waals surface area contributed by atoms with Crippen molar-refractivity contribution < 1.29 is 23.1 Å². The largest absolute Gasteiger partial charge is 0.480 e. The van der Waals surface area contributed by atoms with E-state index in [1.807, 2.05) is 84.9 Å². The summed E-state index contributed by atoms with van der Waals surface area (Å²) >= 11 is 1.32. The van der Waals surface area contributed by atoms with E-state index in [1.165, 1.54) is 22.1 Å². The molecule has 2 fully saturated rings. The van der Waals surface area contributed by atoms with Gasteiger partial charge in [0.1, 0.15) is 35.9 Å². The van der Waals surface area contributed by atoms with Crippen molar-refractivity contribution in [2.24, 2.45) is 0 Å². The van der Waals surface area contributed by atoms with E-state index in [0.29, 0.717) is 12.0 Å². The lowest BCUT2D eigenvalue weighted by molar-refractivity contribution is -0.0424. The second-order valence-electron chi connectivity index (χ2n) is 14.7. The molecular weight excluding hydrogens is 724 g/mol. The van der Waals surface area contributed by atoms with E-state index < -0.39 is 51.3 Å². The van der Waals surface area contributed by atoms with Crippen LogP contribution in [0.4, 0.5) is 0 Å². The highest BCUT2D eigenvalue weighted by Gasteiger charge is 2.59. The summed E-state index contributed by atoms with van der Waals surface area (Å²) in [5, 5.41) is 1.85. The van der Waals surface area contributed by atoms with Gasteiger partial charge < -0.3 is 9.16 Å². The highest BCUT2D eigenvalue weighted by atomic mass is 32.7. The summed E-state index contributed by atoms with van der Waals surface area (Å²) in [6.45, 7) is 8.41. The van der Waals surface area contributed by atoms with Crippen molar-refractivity contribution in [3.8, 4) is 0 Å². The van der Waals surface area contributed by atoms with E-state index in [1.54, 1.807) is 6.92 Å². The Bertz CT molecular complexity index is 2010. The fourth-order valence-electron chi connectivity index (χ4n) is 7.48. The standard InChI is InChI=1S/C41H45N2O7PSSi/c1-29-27-43(40(45)42-39(29)44)38-26-35(50-51(46)49-34(30-17-9-5-10-18-30)25-37(52-51)31-19-11-6-12-20-31)36(48-38)28-47-53(41(2,3)4,32-21-13-7-14-22-32)33-23-15-8-16-24-33/h5-24,27,34-38,46H,25-26,28H2,1-4H3/p+1/t34-,35+,36-,37-,38-,51?/m1/s1. The molecule has 6 atom stereocenters. The summed E-state index contributed by atoms with van der Waals surface area (Å²) in [7, 11) is -6.60. The van der Waals surface area contributed by atoms with Crippen molar-refractivity contribution in [1.82, 2.24) is 9.55 Å². The smallest absolute Gasteiger partial charge is 0.405 e. The van der Waals surface area contributed by atoms with Crippen molar-refractivity contribution in [2.45, 2.75) is 75.4 Å². The molecule has 1 unspecified atom stereocenters. The maximum absolute atomic E-state index is 13.2. The van der Waals surface area contributed by atoms with Crippen molar-refractivity contribution in [2.75, 3.05) is 6.61 Å². The molecule has 0 radical (unpaired) electrons. The summed E-state index contributed by atoms with van der Waals surface area (Å²) < 4.78 is 28.7. The highest BCUT2D eigenvalue weighted by Crippen LogP contribution is 2.79. The molecule has 0 saturated carbocycles. The third-order valence-corrected chi connectivity index (χ3v) is 19.2. The molecule has 2 aliphatic rings. The van der Waals surface area contributed by atoms with Gasteiger partial charge in [0.2, 0.25) is 0 Å². The molecule has 0 bridgehead atoms. The van der Waals surface area contributed by atoms with E-state index in [9.17, 15) is 14.5 Å². The maximum atomic E-state index is 13.2. The second-order valence-corrected chi connectivity index (χ2v) is 23.1. The quantitative estimate of drug-likeness (QED) is 0.112. The first-order valence-electron chi connectivity index (χ1n) is 18.0. The number of hydrogen-bond donors (Lipinski definition) is 2. The zero-order valence-corrected chi connectivity index (χ0v) is 33.0. The third-order valence-electron chi connectivity index (χ3n) is 10.1. The number of aromatic amines is 1. The number of aromatic nitrogens is 2. The van der Waals surface area contributed by atoms with E-state index in [4.69, 9.17) is 18.2 Å². The van der Waals surface area contributed by atoms with Gasteiger partial charge >= 0.3 is 12.8 Å². The number of rotatable bonds is 10. The Morgan fingerprint density at radius 3 is 1.96 bits per heavy atom. The summed E-state index contributed by atoms with van der Waals surface area (Å²) in [6.07, 6.45) is -0.210. The second kappa shape index (κ2) is 15.6. The fourth-order valence-corrected chi connectivity index (χ4v) is 16.7. The maximum Gasteiger partial charge on any atom is 0.480 e. The minimum atomic E-state index is -3.61. The van der Waals surface area contributed by atoms with Crippen LogP contribution in [0.15, 0.2) is 137 Å². The molecule has 0 amide bonds. The van der Waals surface area contributed by atoms with E-state index in [-0.39, 0.29) is 23.3 Å². The van der Waals surface area contributed by atoms with Crippen LogP contribution in [0.2, 0.25) is 5.04 Å². The Labute approximate surface area is 315 Å². The molecule has 2 N–H and O–H groups in total. The van der Waals surface area contributed by atoms with Gasteiger partial charge in [-0.1, -0.05) is 142 Å². The SMILES string of the molecule is Cc1cn([C@H]2C[C@H](O[P+]3(O)O[C@@H](c4ccccc4)C[C@H](c4ccccc4)S3)[C@@H](CO[Si](c3ccccc3)(c3ccccc3)C(C)(C)C)O2)c(=O)[nH]c1=O. The number of H-pyrrole nitrogens is 1. The van der Waals surface area contributed by atoms with Gasteiger partial charge in [0.25, 0.3) is 13.9 Å². The third kappa shape index (κ3) is 7.95. The van der Waals surface area contributed by atoms with Crippen LogP contribution in [-0.4, -0.2) is 41.6 Å². The van der Waals surface area contributed by atoms with Crippen LogP contribution in [0.5, 0.6) is 0 Å². The van der Waals surface area contributed by atoms with Crippen LogP contribution in [-0.2, 0) is 18.2 Å². The lowest BCUT2D eigenvalue weighted by Crippen LogP contribution is -2.67. The van der Waals surface area contributed by atoms with Gasteiger partial charge in [-0.3, -0.25) is 14.3 Å². The molecule has 9 nitrogen and oxygen atoms in total. The zero-order chi connectivity index (χ0) is 37.2. The van der Waals surface area contributed by atoms with Crippen LogP contribution in [0, 0.1) is 6.92 Å². The van der Waals surface area contributed by atoms with E-state index in [2.05, 4.69) is 62.2 Å². The number of nitrogens with one attached hydrogen (secondary N) is 1. The average Bonchev–Trinajstić information content (AvgIpc) is 3.55. The predicted octanol–water partition coefficient (Wildman–Crippen LogP) is 7.40. The molecule has 0 aliphatic carbocycles. The van der Waals surface area contributed by atoms with Gasteiger partial charge in [-0.2, -0.15) is 13.9 Å². The summed E-state index contributed by atoms with van der Waals surface area (Å²) in [4.78, 5) is 40.3. The first kappa shape index (κ1) is 37.7. The number of aryl methyl sites for hydroxylation is 1. The minimum absolute atomic E-state index is 0.0946. The molecule has 2 aliphatic heterocycles. The fraction of sp³-hybridized carbons (Fsp3) is 0.317. The number of nitrogens with zero attached hydrogens (tertiary/aromatic N) is 1. The first-order valence-corrected chi connectivity index (χ1v) is 22.9. The Hall–Kier alpha value is -3.64. The zero-order valence-electron chi connectivity index (χ0n) is 30.3. The van der Waals surface area contributed by atoms with Gasteiger partial charge in [0.15, 0.2) is 0 Å². The highest BCUT2D eigenvalue weighted by molar-refractivity contribution is 8.57. The minimum Gasteiger partial charge on any atom is -0.405 e. The van der Waals surface area contributed by atoms with Gasteiger partial charge in [-0.15, -0.1) is 0 Å². The normalized spacial score (nSPS) is 25.0. The van der Waals surface area contributed by atoms with E-state index in [0.717, 1.165) is 21.5 Å². The molecule has 5 aromatic rings. The lowest BCUT2D eigenvalue weighted by atomic mass is 10.0. The molecule has 1 aromatic heterocycles. The van der Waals surface area contributed by atoms with Gasteiger partial charge in [0, 0.05) is 24.6 Å². The molecule has 12 heteroatoms. The van der Waals surface area contributed by atoms with Crippen molar-refractivity contribution in [3.05, 3.63) is 165 Å². The molecule has 4 aromatic carbocycles. The topological polar surface area (TPSA) is 112 Å².